The zero-order valence-corrected chi connectivity index (χ0v) is 14.0. The molecule has 1 aromatic rings. The van der Waals surface area contributed by atoms with Crippen LogP contribution >= 0.6 is 0 Å². The molecule has 1 atom stereocenters. The predicted octanol–water partition coefficient (Wildman–Crippen LogP) is 3.17. The lowest BCUT2D eigenvalue weighted by Crippen LogP contribution is -2.51. The van der Waals surface area contributed by atoms with Gasteiger partial charge in [-0.2, -0.15) is 0 Å². The number of hydrogen-bond acceptors (Lipinski definition) is 3. The molecular formula is C18H29NO2. The number of aryl methyl sites for hydroxylation is 1. The van der Waals surface area contributed by atoms with E-state index in [4.69, 9.17) is 4.74 Å². The van der Waals surface area contributed by atoms with Crippen LogP contribution in [-0.4, -0.2) is 29.9 Å². The zero-order valence-electron chi connectivity index (χ0n) is 14.0. The first-order valence-corrected chi connectivity index (χ1v) is 7.86. The fraction of sp³-hybridized carbons (Fsp3) is 0.667. The van der Waals surface area contributed by atoms with Crippen molar-refractivity contribution >= 4 is 0 Å². The number of aliphatic hydroxyl groups is 1. The average Bonchev–Trinajstić information content (AvgIpc) is 3.19. The fourth-order valence-electron chi connectivity index (χ4n) is 2.46. The van der Waals surface area contributed by atoms with Gasteiger partial charge in [-0.3, -0.25) is 0 Å². The van der Waals surface area contributed by atoms with Crippen LogP contribution in [0.3, 0.4) is 0 Å². The topological polar surface area (TPSA) is 41.5 Å². The van der Waals surface area contributed by atoms with Gasteiger partial charge in [-0.1, -0.05) is 32.9 Å². The molecule has 0 bridgehead atoms. The van der Waals surface area contributed by atoms with Gasteiger partial charge in [-0.15, -0.1) is 0 Å². The second-order valence-electron chi connectivity index (χ2n) is 7.68. The highest BCUT2D eigenvalue weighted by molar-refractivity contribution is 5.41. The Bertz CT molecular complexity index is 488. The minimum absolute atomic E-state index is 0.0442. The summed E-state index contributed by atoms with van der Waals surface area (Å²) in [5.41, 5.74) is 2.07. The second-order valence-corrected chi connectivity index (χ2v) is 7.68. The average molecular weight is 291 g/mol. The third-order valence-electron chi connectivity index (χ3n) is 3.97. The van der Waals surface area contributed by atoms with E-state index in [0.29, 0.717) is 12.6 Å². The van der Waals surface area contributed by atoms with Crippen LogP contribution in [-0.2, 0) is 5.41 Å². The fourth-order valence-corrected chi connectivity index (χ4v) is 2.46. The van der Waals surface area contributed by atoms with E-state index in [-0.39, 0.29) is 17.6 Å². The van der Waals surface area contributed by atoms with Gasteiger partial charge in [0.2, 0.25) is 0 Å². The largest absolute Gasteiger partial charge is 0.491 e. The lowest BCUT2D eigenvalue weighted by molar-refractivity contribution is 0.113. The quantitative estimate of drug-likeness (QED) is 0.846. The summed E-state index contributed by atoms with van der Waals surface area (Å²) in [7, 11) is 0. The number of benzene rings is 1. The van der Waals surface area contributed by atoms with Crippen molar-refractivity contribution in [3.8, 4) is 5.75 Å². The van der Waals surface area contributed by atoms with Gasteiger partial charge < -0.3 is 15.2 Å². The Hall–Kier alpha value is -1.06. The highest BCUT2D eigenvalue weighted by Gasteiger charge is 2.33. The van der Waals surface area contributed by atoms with Crippen molar-refractivity contribution < 1.29 is 9.84 Å². The maximum atomic E-state index is 9.68. The molecule has 0 heterocycles. The van der Waals surface area contributed by atoms with Gasteiger partial charge >= 0.3 is 0 Å². The minimum Gasteiger partial charge on any atom is -0.491 e. The van der Waals surface area contributed by atoms with Crippen molar-refractivity contribution in [2.75, 3.05) is 13.2 Å². The Balaban J connectivity index is 2.12. The molecule has 1 unspecified atom stereocenters. The maximum Gasteiger partial charge on any atom is 0.123 e. The molecule has 1 aromatic carbocycles. The molecule has 1 aliphatic rings. The van der Waals surface area contributed by atoms with Gasteiger partial charge in [-0.25, -0.2) is 0 Å². The summed E-state index contributed by atoms with van der Waals surface area (Å²) in [5.74, 6) is 0.930. The van der Waals surface area contributed by atoms with Crippen molar-refractivity contribution in [3.05, 3.63) is 29.3 Å². The summed E-state index contributed by atoms with van der Waals surface area (Å²) in [6.45, 7) is 11.2. The van der Waals surface area contributed by atoms with Crippen molar-refractivity contribution in [2.24, 2.45) is 0 Å². The third-order valence-corrected chi connectivity index (χ3v) is 3.97. The molecule has 21 heavy (non-hydrogen) atoms. The first kappa shape index (κ1) is 16.3. The Morgan fingerprint density at radius 1 is 1.24 bits per heavy atom. The van der Waals surface area contributed by atoms with Gasteiger partial charge in [0, 0.05) is 6.04 Å². The van der Waals surface area contributed by atoms with Crippen molar-refractivity contribution in [1.82, 2.24) is 5.32 Å². The molecular weight excluding hydrogens is 262 g/mol. The molecule has 2 N–H and O–H groups in total. The molecule has 0 aromatic heterocycles. The Morgan fingerprint density at radius 3 is 2.43 bits per heavy atom. The minimum atomic E-state index is -0.375. The van der Waals surface area contributed by atoms with Crippen LogP contribution in [0.15, 0.2) is 18.2 Å². The molecule has 0 radical (unpaired) electrons. The molecule has 0 spiro atoms. The van der Waals surface area contributed by atoms with E-state index in [2.05, 4.69) is 51.2 Å². The van der Waals surface area contributed by atoms with E-state index in [1.54, 1.807) is 0 Å². The van der Waals surface area contributed by atoms with Gasteiger partial charge in [0.05, 0.1) is 12.1 Å². The van der Waals surface area contributed by atoms with Gasteiger partial charge in [0.25, 0.3) is 0 Å². The highest BCUT2D eigenvalue weighted by atomic mass is 16.5. The van der Waals surface area contributed by atoms with Crippen LogP contribution in [0.5, 0.6) is 5.75 Å². The SMILES string of the molecule is Cc1ccc(C(C)(C)C)c(OCC(C)(CO)NC2CC2)c1. The van der Waals surface area contributed by atoms with E-state index in [9.17, 15) is 5.11 Å². The van der Waals surface area contributed by atoms with Crippen molar-refractivity contribution in [3.63, 3.8) is 0 Å². The molecule has 1 fully saturated rings. The molecule has 1 aliphatic carbocycles. The van der Waals surface area contributed by atoms with Gasteiger partial charge in [0.1, 0.15) is 12.4 Å². The van der Waals surface area contributed by atoms with Crippen LogP contribution in [0.25, 0.3) is 0 Å². The standard InChI is InChI=1S/C18H29NO2/c1-13-6-9-15(17(2,3)4)16(10-13)21-12-18(5,11-20)19-14-7-8-14/h6,9-10,14,19-20H,7-8,11-12H2,1-5H3. The summed E-state index contributed by atoms with van der Waals surface area (Å²) < 4.78 is 6.11. The monoisotopic (exact) mass is 291 g/mol. The van der Waals surface area contributed by atoms with Crippen molar-refractivity contribution in [2.45, 2.75) is 64.5 Å². The van der Waals surface area contributed by atoms with E-state index >= 15 is 0 Å². The lowest BCUT2D eigenvalue weighted by atomic mass is 9.86. The number of nitrogens with one attached hydrogen (secondary N) is 1. The van der Waals surface area contributed by atoms with E-state index in [0.717, 1.165) is 5.75 Å². The number of ether oxygens (including phenoxy) is 1. The van der Waals surface area contributed by atoms with Gasteiger partial charge in [-0.05, 0) is 49.3 Å². The zero-order chi connectivity index (χ0) is 15.7. The molecule has 0 saturated heterocycles. The van der Waals surface area contributed by atoms with E-state index < -0.39 is 0 Å². The third kappa shape index (κ3) is 4.45. The van der Waals surface area contributed by atoms with Crippen LogP contribution in [0.4, 0.5) is 0 Å². The Labute approximate surface area is 128 Å². The normalized spacial score (nSPS) is 18.4. The summed E-state index contributed by atoms with van der Waals surface area (Å²) in [6.07, 6.45) is 2.40. The number of aliphatic hydroxyl groups excluding tert-OH is 1. The highest BCUT2D eigenvalue weighted by Crippen LogP contribution is 2.32. The molecule has 118 valence electrons. The molecule has 1 saturated carbocycles. The van der Waals surface area contributed by atoms with Crippen LogP contribution in [0.2, 0.25) is 0 Å². The Morgan fingerprint density at radius 2 is 1.90 bits per heavy atom. The second kappa shape index (κ2) is 5.98. The molecule has 3 nitrogen and oxygen atoms in total. The Kier molecular flexibility index (Phi) is 4.64. The smallest absolute Gasteiger partial charge is 0.123 e. The maximum absolute atomic E-state index is 9.68. The molecule has 0 aliphatic heterocycles. The van der Waals surface area contributed by atoms with Crippen LogP contribution in [0.1, 0.15) is 51.7 Å². The number of rotatable bonds is 6. The molecule has 2 rings (SSSR count). The summed E-state index contributed by atoms with van der Waals surface area (Å²) in [4.78, 5) is 0. The van der Waals surface area contributed by atoms with E-state index in [1.807, 2.05) is 6.92 Å². The predicted molar refractivity (Wildman–Crippen MR) is 87.0 cm³/mol. The van der Waals surface area contributed by atoms with Crippen LogP contribution < -0.4 is 10.1 Å². The van der Waals surface area contributed by atoms with E-state index in [1.165, 1.54) is 24.0 Å². The summed E-state index contributed by atoms with van der Waals surface area (Å²) >= 11 is 0. The number of hydrogen-bond donors (Lipinski definition) is 2. The van der Waals surface area contributed by atoms with Crippen LogP contribution in [0, 0.1) is 6.92 Å². The summed E-state index contributed by atoms with van der Waals surface area (Å²) in [6, 6.07) is 6.91. The van der Waals surface area contributed by atoms with Gasteiger partial charge in [0.15, 0.2) is 0 Å². The molecule has 0 amide bonds. The molecule has 3 heteroatoms. The van der Waals surface area contributed by atoms with Crippen molar-refractivity contribution in [1.29, 1.82) is 0 Å². The first-order valence-electron chi connectivity index (χ1n) is 7.86. The lowest BCUT2D eigenvalue weighted by Gasteiger charge is -2.31. The summed E-state index contributed by atoms with van der Waals surface area (Å²) in [5, 5.41) is 13.2. The first-order chi connectivity index (χ1) is 9.73.